The van der Waals surface area contributed by atoms with Crippen molar-refractivity contribution in [2.24, 2.45) is 0 Å². The maximum Gasteiger partial charge on any atom is 1.00 e. The molecule has 1 aliphatic rings. The minimum absolute atomic E-state index is 0. The van der Waals surface area contributed by atoms with Gasteiger partial charge in [0.25, 0.3) is 0 Å². The second-order valence-corrected chi connectivity index (χ2v) is 9.91. The third-order valence-corrected chi connectivity index (χ3v) is 5.84. The topological polar surface area (TPSA) is 46.6 Å². The van der Waals surface area contributed by atoms with Gasteiger partial charge in [-0.05, 0) is 52.8 Å². The van der Waals surface area contributed by atoms with Crippen molar-refractivity contribution in [1.82, 2.24) is 0 Å². The van der Waals surface area contributed by atoms with E-state index in [0.29, 0.717) is 23.7 Å². The smallest absolute Gasteiger partial charge is 0.550 e. The average molecular weight is 557 g/mol. The molecule has 0 aromatic heterocycles. The summed E-state index contributed by atoms with van der Waals surface area (Å²) in [6, 6.07) is 13.5. The van der Waals surface area contributed by atoms with Crippen LogP contribution in [-0.2, 0) is 27.2 Å². The number of carbonyl (C=O) groups excluding carboxylic acids is 1. The summed E-state index contributed by atoms with van der Waals surface area (Å²) in [7, 11) is 0. The number of carboxylic acids is 1. The number of benzene rings is 2. The summed E-state index contributed by atoms with van der Waals surface area (Å²) < 4.78 is 0. The first kappa shape index (κ1) is 30.0. The maximum atomic E-state index is 8.89. The van der Waals surface area contributed by atoms with Crippen LogP contribution in [0.1, 0.15) is 108 Å². The van der Waals surface area contributed by atoms with Gasteiger partial charge in [0.15, 0.2) is 6.67 Å². The van der Waals surface area contributed by atoms with Crippen LogP contribution >= 0.6 is 0 Å². The van der Waals surface area contributed by atoms with Crippen molar-refractivity contribution >= 4 is 17.3 Å². The molecule has 0 saturated heterocycles. The van der Waals surface area contributed by atoms with Crippen molar-refractivity contribution in [2.45, 2.75) is 86.0 Å². The van der Waals surface area contributed by atoms with Gasteiger partial charge in [-0.25, -0.2) is 0 Å². The van der Waals surface area contributed by atoms with Gasteiger partial charge in [0, 0.05) is 29.7 Å². The van der Waals surface area contributed by atoms with Crippen molar-refractivity contribution in [3.8, 4) is 0 Å². The van der Waals surface area contributed by atoms with Gasteiger partial charge in [-0.1, -0.05) is 91.8 Å². The Labute approximate surface area is 222 Å². The average Bonchev–Trinajstić information content (AvgIpc) is 3.21. The van der Waals surface area contributed by atoms with Crippen LogP contribution in [0.25, 0.3) is 0 Å². The summed E-state index contributed by atoms with van der Waals surface area (Å²) in [6.45, 7) is 21.5. The van der Waals surface area contributed by atoms with Crippen molar-refractivity contribution in [2.75, 3.05) is 9.80 Å². The summed E-state index contributed by atoms with van der Waals surface area (Å²) in [4.78, 5) is 13.5. The fourth-order valence-electron chi connectivity index (χ4n) is 4.24. The molecule has 2 aromatic carbocycles. The van der Waals surface area contributed by atoms with E-state index in [4.69, 9.17) is 9.90 Å². The molecule has 0 atom stereocenters. The van der Waals surface area contributed by atoms with Crippen molar-refractivity contribution < 1.29 is 32.3 Å². The molecule has 1 radical (unpaired) electrons. The predicted octanol–water partition coefficient (Wildman–Crippen LogP) is 6.85. The van der Waals surface area contributed by atoms with Gasteiger partial charge in [0.05, 0.1) is 0 Å². The Morgan fingerprint density at radius 2 is 0.882 bits per heavy atom. The fraction of sp³-hybridized carbons (Fsp3) is 0.448. The molecule has 0 saturated carbocycles. The van der Waals surface area contributed by atoms with Crippen LogP contribution in [0.15, 0.2) is 48.8 Å². The van der Waals surface area contributed by atoms with E-state index < -0.39 is 5.97 Å². The zero-order valence-electron chi connectivity index (χ0n) is 22.0. The number of para-hydroxylation sites is 2. The molecule has 0 bridgehead atoms. The van der Waals surface area contributed by atoms with E-state index in [1.165, 1.54) is 33.6 Å². The van der Waals surface area contributed by atoms with Crippen molar-refractivity contribution in [3.05, 3.63) is 77.7 Å². The normalized spacial score (nSPS) is 13.0. The zero-order chi connectivity index (χ0) is 24.9. The van der Waals surface area contributed by atoms with E-state index in [1.54, 1.807) is 0 Å². The summed E-state index contributed by atoms with van der Waals surface area (Å²) in [5.74, 6) is 0.838. The van der Waals surface area contributed by atoms with E-state index >= 15 is 0 Å². The Morgan fingerprint density at radius 3 is 1.09 bits per heavy atom. The van der Waals surface area contributed by atoms with E-state index in [0.717, 1.165) is 6.92 Å². The summed E-state index contributed by atoms with van der Waals surface area (Å²) >= 11 is 0. The molecule has 5 heteroatoms. The third kappa shape index (κ3) is 7.24. The molecule has 0 amide bonds. The largest absolute Gasteiger partial charge is 1.00 e. The molecule has 0 fully saturated rings. The Hall–Kier alpha value is -2.01. The zero-order valence-corrected chi connectivity index (χ0v) is 23.5. The van der Waals surface area contributed by atoms with Gasteiger partial charge in [0.1, 0.15) is 0 Å². The number of hydrogen-bond acceptors (Lipinski definition) is 4. The van der Waals surface area contributed by atoms with Gasteiger partial charge in [-0.15, -0.1) is 0 Å². The molecule has 0 N–H and O–H groups in total. The number of anilines is 2. The number of nitrogens with zero attached hydrogens (tertiary/aromatic N) is 2. The molecule has 2 aromatic rings. The molecule has 0 unspecified atom stereocenters. The van der Waals surface area contributed by atoms with Crippen LogP contribution in [-0.4, -0.2) is 5.97 Å². The number of rotatable bonds is 6. The SMILES string of the molecule is CC(=O)[O-].CC(C)c1cccc(C(C)C)c1N1[CH]N(c2c(C(C)C)cccc2C(C)C)C=C1.[Ag+]. The van der Waals surface area contributed by atoms with E-state index in [2.05, 4.69) is 121 Å². The first-order valence-electron chi connectivity index (χ1n) is 12.0. The number of hydrogen-bond donors (Lipinski definition) is 0. The molecule has 0 spiro atoms. The second kappa shape index (κ2) is 13.2. The number of carboxylic acid groups (broad SMARTS) is 1. The third-order valence-electron chi connectivity index (χ3n) is 5.84. The molecule has 0 aliphatic carbocycles. The second-order valence-electron chi connectivity index (χ2n) is 9.91. The van der Waals surface area contributed by atoms with Gasteiger partial charge in [-0.2, -0.15) is 0 Å². The molecule has 189 valence electrons. The molecule has 1 aliphatic heterocycles. The van der Waals surface area contributed by atoms with E-state index in [-0.39, 0.29) is 22.4 Å². The molecular weight excluding hydrogens is 516 g/mol. The van der Waals surface area contributed by atoms with Gasteiger partial charge in [0.2, 0.25) is 0 Å². The van der Waals surface area contributed by atoms with Gasteiger partial charge < -0.3 is 19.7 Å². The Bertz CT molecular complexity index is 852. The molecule has 3 rings (SSSR count). The maximum absolute atomic E-state index is 8.89. The minimum Gasteiger partial charge on any atom is -0.550 e. The van der Waals surface area contributed by atoms with Crippen molar-refractivity contribution in [3.63, 3.8) is 0 Å². The van der Waals surface area contributed by atoms with E-state index in [1.807, 2.05) is 0 Å². The standard InChI is InChI=1S/C27H37N2.C2H4O2.Ag/c1-18(2)22-11-9-12-23(19(3)4)26(22)28-15-16-29(17-28)27-24(20(5)6)13-10-14-25(27)21(7)8;1-2(3)4;/h9-21H,1-8H3;1H3,(H,3,4);/q;;+1/p-1. The summed E-state index contributed by atoms with van der Waals surface area (Å²) in [5, 5.41) is 8.89. The Morgan fingerprint density at radius 1 is 0.647 bits per heavy atom. The monoisotopic (exact) mass is 555 g/mol. The Balaban J connectivity index is 0.00000107. The number of carbonyl (C=O) groups is 1. The summed E-state index contributed by atoms with van der Waals surface area (Å²) in [5.41, 5.74) is 8.29. The molecule has 34 heavy (non-hydrogen) atoms. The van der Waals surface area contributed by atoms with E-state index in [9.17, 15) is 0 Å². The first-order valence-corrected chi connectivity index (χ1v) is 12.0. The van der Waals surface area contributed by atoms with Gasteiger partial charge >= 0.3 is 22.4 Å². The van der Waals surface area contributed by atoms with Crippen molar-refractivity contribution in [1.29, 1.82) is 0 Å². The minimum atomic E-state index is -1.08. The van der Waals surface area contributed by atoms with Crippen LogP contribution in [0.3, 0.4) is 0 Å². The van der Waals surface area contributed by atoms with Crippen LogP contribution in [0, 0.1) is 6.67 Å². The van der Waals surface area contributed by atoms with Crippen LogP contribution < -0.4 is 14.9 Å². The first-order chi connectivity index (χ1) is 15.5. The van der Waals surface area contributed by atoms with Crippen LogP contribution in [0.2, 0.25) is 0 Å². The quantitative estimate of drug-likeness (QED) is 0.365. The number of aliphatic carboxylic acids is 1. The predicted molar refractivity (Wildman–Crippen MR) is 138 cm³/mol. The fourth-order valence-corrected chi connectivity index (χ4v) is 4.24. The van der Waals surface area contributed by atoms with Crippen LogP contribution in [0.4, 0.5) is 11.4 Å². The Kier molecular flexibility index (Phi) is 11.6. The summed E-state index contributed by atoms with van der Waals surface area (Å²) in [6.07, 6.45) is 4.43. The molecule has 4 nitrogen and oxygen atoms in total. The molecular formula is C29H40AgN2O2. The van der Waals surface area contributed by atoms with Crippen LogP contribution in [0.5, 0.6) is 0 Å². The van der Waals surface area contributed by atoms with Gasteiger partial charge in [-0.3, -0.25) is 0 Å². The molecule has 1 heterocycles.